The van der Waals surface area contributed by atoms with E-state index in [9.17, 15) is 5.11 Å². The normalized spacial score (nSPS) is 13.1. The minimum Gasteiger partial charge on any atom is -0.504 e. The van der Waals surface area contributed by atoms with Crippen molar-refractivity contribution in [1.82, 2.24) is 0 Å². The molecule has 98 valence electrons. The second kappa shape index (κ2) is 5.10. The summed E-state index contributed by atoms with van der Waals surface area (Å²) in [4.78, 5) is 0. The van der Waals surface area contributed by atoms with E-state index < -0.39 is 0 Å². The summed E-state index contributed by atoms with van der Waals surface area (Å²) in [6.45, 7) is 1.34. The zero-order chi connectivity index (χ0) is 13.1. The van der Waals surface area contributed by atoms with Gasteiger partial charge < -0.3 is 19.3 Å². The van der Waals surface area contributed by atoms with Gasteiger partial charge in [0.2, 0.25) is 11.5 Å². The fourth-order valence-corrected chi connectivity index (χ4v) is 1.95. The highest BCUT2D eigenvalue weighted by Gasteiger charge is 2.21. The summed E-state index contributed by atoms with van der Waals surface area (Å²) in [5, 5.41) is 9.71. The molecule has 0 aliphatic carbocycles. The van der Waals surface area contributed by atoms with Gasteiger partial charge in [0.05, 0.1) is 0 Å². The Balaban J connectivity index is 1.81. The van der Waals surface area contributed by atoms with E-state index in [0.717, 1.165) is 5.56 Å². The van der Waals surface area contributed by atoms with Gasteiger partial charge in [-0.2, -0.15) is 0 Å². The van der Waals surface area contributed by atoms with E-state index >= 15 is 0 Å². The average Bonchev–Trinajstić information content (AvgIpc) is 2.48. The molecule has 0 bridgehead atoms. The van der Waals surface area contributed by atoms with Gasteiger partial charge in [-0.3, -0.25) is 0 Å². The first-order chi connectivity index (χ1) is 9.34. The van der Waals surface area contributed by atoms with Crippen LogP contribution in [0.3, 0.4) is 0 Å². The number of rotatable bonds is 3. The standard InChI is InChI=1S/C15H14O4/c16-12-6-7-13(15-14(12)17-8-9-18-15)19-10-11-4-2-1-3-5-11/h1-7,16H,8-10H2. The fraction of sp³-hybridized carbons (Fsp3) is 0.200. The SMILES string of the molecule is Oc1ccc(OCc2ccccc2)c2c1OCCO2. The predicted molar refractivity (Wildman–Crippen MR) is 69.9 cm³/mol. The molecule has 0 fully saturated rings. The van der Waals surface area contributed by atoms with Crippen LogP contribution in [0.4, 0.5) is 0 Å². The smallest absolute Gasteiger partial charge is 0.207 e. The van der Waals surface area contributed by atoms with Crippen LogP contribution in [0.1, 0.15) is 5.56 Å². The Kier molecular flexibility index (Phi) is 3.14. The molecule has 1 heterocycles. The Morgan fingerprint density at radius 3 is 2.47 bits per heavy atom. The third-order valence-corrected chi connectivity index (χ3v) is 2.87. The zero-order valence-corrected chi connectivity index (χ0v) is 10.3. The van der Waals surface area contributed by atoms with Gasteiger partial charge in [0, 0.05) is 0 Å². The molecule has 3 rings (SSSR count). The summed E-state index contributed by atoms with van der Waals surface area (Å²) in [6.07, 6.45) is 0. The molecule has 0 saturated heterocycles. The maximum absolute atomic E-state index is 9.71. The van der Waals surface area contributed by atoms with Gasteiger partial charge in [-0.25, -0.2) is 0 Å². The van der Waals surface area contributed by atoms with Crippen molar-refractivity contribution in [2.24, 2.45) is 0 Å². The molecule has 0 amide bonds. The lowest BCUT2D eigenvalue weighted by Crippen LogP contribution is -2.16. The highest BCUT2D eigenvalue weighted by Crippen LogP contribution is 2.45. The molecule has 0 radical (unpaired) electrons. The minimum absolute atomic E-state index is 0.0711. The lowest BCUT2D eigenvalue weighted by atomic mass is 10.2. The quantitative estimate of drug-likeness (QED) is 0.919. The summed E-state index contributed by atoms with van der Waals surface area (Å²) in [5.41, 5.74) is 1.07. The van der Waals surface area contributed by atoms with Crippen molar-refractivity contribution in [2.45, 2.75) is 6.61 Å². The predicted octanol–water partition coefficient (Wildman–Crippen LogP) is 2.74. The van der Waals surface area contributed by atoms with Gasteiger partial charge in [0.25, 0.3) is 0 Å². The first-order valence-corrected chi connectivity index (χ1v) is 6.13. The third-order valence-electron chi connectivity index (χ3n) is 2.87. The Bertz CT molecular complexity index is 566. The van der Waals surface area contributed by atoms with E-state index in [-0.39, 0.29) is 5.75 Å². The molecule has 2 aromatic carbocycles. The molecule has 4 heteroatoms. The molecule has 0 aromatic heterocycles. The molecule has 2 aromatic rings. The zero-order valence-electron chi connectivity index (χ0n) is 10.3. The lowest BCUT2D eigenvalue weighted by Gasteiger charge is -2.21. The molecule has 19 heavy (non-hydrogen) atoms. The second-order valence-corrected chi connectivity index (χ2v) is 4.21. The average molecular weight is 258 g/mol. The van der Waals surface area contributed by atoms with E-state index in [1.807, 2.05) is 30.3 Å². The van der Waals surface area contributed by atoms with E-state index in [0.29, 0.717) is 37.1 Å². The van der Waals surface area contributed by atoms with Crippen molar-refractivity contribution < 1.29 is 19.3 Å². The summed E-state index contributed by atoms with van der Waals surface area (Å²) in [7, 11) is 0. The Labute approximate surface area is 111 Å². The largest absolute Gasteiger partial charge is 0.504 e. The van der Waals surface area contributed by atoms with Crippen LogP contribution >= 0.6 is 0 Å². The van der Waals surface area contributed by atoms with E-state index in [4.69, 9.17) is 14.2 Å². The summed E-state index contributed by atoms with van der Waals surface area (Å²) in [5.74, 6) is 1.48. The van der Waals surface area contributed by atoms with Crippen LogP contribution < -0.4 is 14.2 Å². The molecule has 0 atom stereocenters. The van der Waals surface area contributed by atoms with Crippen molar-refractivity contribution in [3.63, 3.8) is 0 Å². The van der Waals surface area contributed by atoms with Crippen LogP contribution in [0.5, 0.6) is 23.0 Å². The molecular formula is C15H14O4. The van der Waals surface area contributed by atoms with Gasteiger partial charge >= 0.3 is 0 Å². The fourth-order valence-electron chi connectivity index (χ4n) is 1.95. The molecule has 4 nitrogen and oxygen atoms in total. The number of aromatic hydroxyl groups is 1. The van der Waals surface area contributed by atoms with Crippen LogP contribution in [0.2, 0.25) is 0 Å². The molecule has 0 saturated carbocycles. The van der Waals surface area contributed by atoms with Crippen molar-refractivity contribution in [1.29, 1.82) is 0 Å². The number of phenols is 1. The molecule has 0 spiro atoms. The highest BCUT2D eigenvalue weighted by atomic mass is 16.6. The maximum Gasteiger partial charge on any atom is 0.207 e. The maximum atomic E-state index is 9.71. The van der Waals surface area contributed by atoms with Crippen LogP contribution in [-0.4, -0.2) is 18.3 Å². The second-order valence-electron chi connectivity index (χ2n) is 4.21. The van der Waals surface area contributed by atoms with E-state index in [1.54, 1.807) is 12.1 Å². The van der Waals surface area contributed by atoms with Crippen molar-refractivity contribution >= 4 is 0 Å². The molecular weight excluding hydrogens is 244 g/mol. The van der Waals surface area contributed by atoms with Crippen LogP contribution in [0.15, 0.2) is 42.5 Å². The van der Waals surface area contributed by atoms with Gasteiger partial charge in [0.1, 0.15) is 19.8 Å². The number of hydrogen-bond donors (Lipinski definition) is 1. The number of hydrogen-bond acceptors (Lipinski definition) is 4. The van der Waals surface area contributed by atoms with Gasteiger partial charge in [-0.05, 0) is 17.7 Å². The highest BCUT2D eigenvalue weighted by molar-refractivity contribution is 5.59. The summed E-state index contributed by atoms with van der Waals surface area (Å²) < 4.78 is 16.6. The van der Waals surface area contributed by atoms with Crippen LogP contribution in [0, 0.1) is 0 Å². The molecule has 1 aliphatic heterocycles. The first-order valence-electron chi connectivity index (χ1n) is 6.13. The monoisotopic (exact) mass is 258 g/mol. The number of ether oxygens (including phenoxy) is 3. The summed E-state index contributed by atoms with van der Waals surface area (Å²) >= 11 is 0. The minimum atomic E-state index is 0.0711. The number of fused-ring (bicyclic) bond motifs is 1. The summed E-state index contributed by atoms with van der Waals surface area (Å²) in [6, 6.07) is 13.1. The van der Waals surface area contributed by atoms with E-state index in [1.165, 1.54) is 0 Å². The molecule has 1 aliphatic rings. The molecule has 0 unspecified atom stereocenters. The lowest BCUT2D eigenvalue weighted by molar-refractivity contribution is 0.155. The van der Waals surface area contributed by atoms with Gasteiger partial charge in [-0.1, -0.05) is 30.3 Å². The van der Waals surface area contributed by atoms with Crippen LogP contribution in [-0.2, 0) is 6.61 Å². The van der Waals surface area contributed by atoms with Gasteiger partial charge in [-0.15, -0.1) is 0 Å². The van der Waals surface area contributed by atoms with E-state index in [2.05, 4.69) is 0 Å². The van der Waals surface area contributed by atoms with Crippen molar-refractivity contribution in [2.75, 3.05) is 13.2 Å². The number of phenolic OH excluding ortho intramolecular Hbond substituents is 1. The Morgan fingerprint density at radius 2 is 1.68 bits per heavy atom. The van der Waals surface area contributed by atoms with Gasteiger partial charge in [0.15, 0.2) is 11.5 Å². The Morgan fingerprint density at radius 1 is 0.947 bits per heavy atom. The first kappa shape index (κ1) is 11.7. The molecule has 1 N–H and O–H groups in total. The third kappa shape index (κ3) is 2.42. The van der Waals surface area contributed by atoms with Crippen molar-refractivity contribution in [3.8, 4) is 23.0 Å². The number of benzene rings is 2. The topological polar surface area (TPSA) is 47.9 Å². The van der Waals surface area contributed by atoms with Crippen LogP contribution in [0.25, 0.3) is 0 Å². The van der Waals surface area contributed by atoms with Crippen molar-refractivity contribution in [3.05, 3.63) is 48.0 Å². The Hall–Kier alpha value is -2.36.